The molecule has 0 saturated carbocycles. The molecule has 1 radical (unpaired) electrons. The van der Waals surface area contributed by atoms with Gasteiger partial charge in [-0.1, -0.05) is 17.2 Å². The van der Waals surface area contributed by atoms with Gasteiger partial charge in [-0.15, -0.1) is 0 Å². The van der Waals surface area contributed by atoms with E-state index in [0.29, 0.717) is 5.56 Å². The number of carbonyl (C=O) groups excluding carboxylic acids is 1. The summed E-state index contributed by atoms with van der Waals surface area (Å²) in [6, 6.07) is 9.44. The molecule has 0 aliphatic rings. The van der Waals surface area contributed by atoms with E-state index in [-0.39, 0.29) is 11.9 Å². The Morgan fingerprint density at radius 2 is 2.21 bits per heavy atom. The molecule has 1 heterocycles. The van der Waals surface area contributed by atoms with Gasteiger partial charge in [0.2, 0.25) is 5.95 Å². The van der Waals surface area contributed by atoms with Crippen LogP contribution in [0.15, 0.2) is 24.3 Å². The fourth-order valence-corrected chi connectivity index (χ4v) is 0.930. The third-order valence-corrected chi connectivity index (χ3v) is 1.56. The Bertz CT molecular complexity index is 411. The predicted molar refractivity (Wildman–Crippen MR) is 47.4 cm³/mol. The average molecular weight is 188 g/mol. The van der Waals surface area contributed by atoms with Gasteiger partial charge in [0.05, 0.1) is 0 Å². The number of nitrogens with zero attached hydrogens (tertiary/aromatic N) is 3. The molecule has 1 amide bonds. The number of H-pyrrole nitrogens is 1. The van der Waals surface area contributed by atoms with Gasteiger partial charge in [0.1, 0.15) is 0 Å². The topological polar surface area (TPSA) is 83.6 Å². The lowest BCUT2D eigenvalue weighted by molar-refractivity contribution is 0.102. The van der Waals surface area contributed by atoms with Crippen molar-refractivity contribution in [3.63, 3.8) is 0 Å². The maximum Gasteiger partial charge on any atom is 0.258 e. The smallest absolute Gasteiger partial charge is 0.258 e. The molecule has 2 aromatic rings. The van der Waals surface area contributed by atoms with Crippen LogP contribution in [0.1, 0.15) is 10.4 Å². The molecule has 1 aromatic carbocycles. The van der Waals surface area contributed by atoms with Gasteiger partial charge in [-0.05, 0) is 28.6 Å². The first-order valence-corrected chi connectivity index (χ1v) is 3.87. The largest absolute Gasteiger partial charge is 0.289 e. The number of amides is 1. The lowest BCUT2D eigenvalue weighted by atomic mass is 10.2. The normalized spacial score (nSPS) is 9.71. The van der Waals surface area contributed by atoms with E-state index < -0.39 is 0 Å². The van der Waals surface area contributed by atoms with Crippen molar-refractivity contribution in [1.82, 2.24) is 20.6 Å². The van der Waals surface area contributed by atoms with Gasteiger partial charge in [0.25, 0.3) is 5.91 Å². The number of nitrogens with one attached hydrogen (secondary N) is 2. The summed E-state index contributed by atoms with van der Waals surface area (Å²) in [5.74, 6) is -0.0413. The highest BCUT2D eigenvalue weighted by Gasteiger charge is 2.06. The van der Waals surface area contributed by atoms with Crippen LogP contribution in [0.25, 0.3) is 0 Å². The molecule has 14 heavy (non-hydrogen) atoms. The molecule has 0 bridgehead atoms. The van der Waals surface area contributed by atoms with Crippen molar-refractivity contribution >= 4 is 11.9 Å². The molecular formula is C8H6N5O. The van der Waals surface area contributed by atoms with E-state index in [4.69, 9.17) is 0 Å². The fourth-order valence-electron chi connectivity index (χ4n) is 0.930. The van der Waals surface area contributed by atoms with Gasteiger partial charge in [-0.2, -0.15) is 0 Å². The van der Waals surface area contributed by atoms with Crippen LogP contribution in [0, 0.1) is 6.07 Å². The number of rotatable bonds is 2. The summed E-state index contributed by atoms with van der Waals surface area (Å²) in [6.45, 7) is 0. The van der Waals surface area contributed by atoms with Crippen molar-refractivity contribution in [2.24, 2.45) is 0 Å². The first-order chi connectivity index (χ1) is 6.86. The number of aromatic amines is 1. The summed E-state index contributed by atoms with van der Waals surface area (Å²) in [6.07, 6.45) is 0. The number of tetrazole rings is 1. The lowest BCUT2D eigenvalue weighted by Gasteiger charge is -1.98. The van der Waals surface area contributed by atoms with E-state index in [9.17, 15) is 4.79 Å². The Labute approximate surface area is 79.3 Å². The quantitative estimate of drug-likeness (QED) is 0.707. The zero-order valence-electron chi connectivity index (χ0n) is 7.06. The maximum absolute atomic E-state index is 11.5. The first kappa shape index (κ1) is 8.36. The average Bonchev–Trinajstić information content (AvgIpc) is 2.72. The zero-order chi connectivity index (χ0) is 9.80. The van der Waals surface area contributed by atoms with E-state index >= 15 is 0 Å². The molecule has 0 fully saturated rings. The van der Waals surface area contributed by atoms with Crippen molar-refractivity contribution in [2.45, 2.75) is 0 Å². The van der Waals surface area contributed by atoms with Crippen LogP contribution in [0.3, 0.4) is 0 Å². The third-order valence-electron chi connectivity index (χ3n) is 1.56. The number of benzene rings is 1. The highest BCUT2D eigenvalue weighted by molar-refractivity contribution is 6.03. The summed E-state index contributed by atoms with van der Waals surface area (Å²) in [5, 5.41) is 15.1. The molecule has 0 spiro atoms. The molecule has 6 nitrogen and oxygen atoms in total. The van der Waals surface area contributed by atoms with Gasteiger partial charge < -0.3 is 0 Å². The van der Waals surface area contributed by atoms with Crippen molar-refractivity contribution in [3.05, 3.63) is 35.9 Å². The van der Waals surface area contributed by atoms with Crippen LogP contribution >= 0.6 is 0 Å². The lowest BCUT2D eigenvalue weighted by Crippen LogP contribution is -2.12. The molecule has 6 heteroatoms. The molecule has 69 valence electrons. The van der Waals surface area contributed by atoms with Crippen molar-refractivity contribution in [3.8, 4) is 0 Å². The minimum absolute atomic E-state index is 0.225. The van der Waals surface area contributed by atoms with Gasteiger partial charge in [0.15, 0.2) is 0 Å². The Morgan fingerprint density at radius 3 is 2.86 bits per heavy atom. The van der Waals surface area contributed by atoms with E-state index in [0.717, 1.165) is 0 Å². The van der Waals surface area contributed by atoms with Crippen LogP contribution in [0.2, 0.25) is 0 Å². The summed E-state index contributed by atoms with van der Waals surface area (Å²) in [7, 11) is 0. The number of hydrogen-bond donors (Lipinski definition) is 2. The SMILES string of the molecule is O=C(Nc1nnn[nH]1)c1cc[c]cc1. The fraction of sp³-hybridized carbons (Fsp3) is 0. The second kappa shape index (κ2) is 3.65. The predicted octanol–water partition coefficient (Wildman–Crippen LogP) is 0.252. The monoisotopic (exact) mass is 188 g/mol. The molecule has 1 aromatic heterocycles. The second-order valence-corrected chi connectivity index (χ2v) is 2.49. The molecule has 0 aliphatic carbocycles. The van der Waals surface area contributed by atoms with Crippen LogP contribution < -0.4 is 5.32 Å². The van der Waals surface area contributed by atoms with Gasteiger partial charge >= 0.3 is 0 Å². The first-order valence-electron chi connectivity index (χ1n) is 3.87. The minimum Gasteiger partial charge on any atom is -0.289 e. The maximum atomic E-state index is 11.5. The highest BCUT2D eigenvalue weighted by atomic mass is 16.1. The highest BCUT2D eigenvalue weighted by Crippen LogP contribution is 2.01. The summed E-state index contributed by atoms with van der Waals surface area (Å²) in [4.78, 5) is 11.5. The van der Waals surface area contributed by atoms with Crippen molar-refractivity contribution in [1.29, 1.82) is 0 Å². The van der Waals surface area contributed by atoms with E-state index in [1.54, 1.807) is 24.3 Å². The standard InChI is InChI=1S/C8H6N5O/c14-7(6-4-2-1-3-5-6)9-8-10-12-13-11-8/h2-5H,(H2,9,10,11,12,13,14). The Kier molecular flexibility index (Phi) is 2.18. The van der Waals surface area contributed by atoms with Crippen LogP contribution in [-0.4, -0.2) is 26.5 Å². The molecule has 2 rings (SSSR count). The number of carbonyl (C=O) groups is 1. The minimum atomic E-state index is -0.266. The van der Waals surface area contributed by atoms with Crippen LogP contribution in [-0.2, 0) is 0 Å². The van der Waals surface area contributed by atoms with Crippen molar-refractivity contribution in [2.75, 3.05) is 5.32 Å². The molecule has 0 unspecified atom stereocenters. The van der Waals surface area contributed by atoms with Crippen LogP contribution in [0.4, 0.5) is 5.95 Å². The Balaban J connectivity index is 2.11. The number of anilines is 1. The number of aromatic nitrogens is 4. The van der Waals surface area contributed by atoms with E-state index in [1.807, 2.05) is 0 Å². The Morgan fingerprint density at radius 1 is 1.43 bits per heavy atom. The van der Waals surface area contributed by atoms with Crippen molar-refractivity contribution < 1.29 is 4.79 Å². The van der Waals surface area contributed by atoms with E-state index in [2.05, 4.69) is 32.0 Å². The Hall–Kier alpha value is -2.24. The van der Waals surface area contributed by atoms with Gasteiger partial charge in [-0.25, -0.2) is 5.10 Å². The number of hydrogen-bond acceptors (Lipinski definition) is 4. The van der Waals surface area contributed by atoms with E-state index in [1.165, 1.54) is 0 Å². The van der Waals surface area contributed by atoms with Gasteiger partial charge in [-0.3, -0.25) is 10.1 Å². The molecule has 2 N–H and O–H groups in total. The summed E-state index contributed by atoms with van der Waals surface area (Å²) < 4.78 is 0. The zero-order valence-corrected chi connectivity index (χ0v) is 7.06. The molecule has 0 saturated heterocycles. The molecular weight excluding hydrogens is 182 g/mol. The molecule has 0 aliphatic heterocycles. The molecule has 0 atom stereocenters. The third kappa shape index (κ3) is 1.74. The second-order valence-electron chi connectivity index (χ2n) is 2.49. The summed E-state index contributed by atoms with van der Waals surface area (Å²) in [5.41, 5.74) is 0.528. The van der Waals surface area contributed by atoms with Crippen LogP contribution in [0.5, 0.6) is 0 Å². The van der Waals surface area contributed by atoms with Gasteiger partial charge in [0, 0.05) is 5.56 Å². The summed E-state index contributed by atoms with van der Waals surface area (Å²) >= 11 is 0.